The first-order chi connectivity index (χ1) is 8.22. The summed E-state index contributed by atoms with van der Waals surface area (Å²) in [6.07, 6.45) is 4.84. The Balaban J connectivity index is 2.44. The van der Waals surface area contributed by atoms with Crippen LogP contribution < -0.4 is 4.74 Å². The van der Waals surface area contributed by atoms with Crippen LogP contribution in [0, 0.1) is 6.92 Å². The lowest BCUT2D eigenvalue weighted by Gasteiger charge is -2.05. The fourth-order valence-electron chi connectivity index (χ4n) is 1.56. The van der Waals surface area contributed by atoms with Crippen LogP contribution in [-0.2, 0) is 0 Å². The lowest BCUT2D eigenvalue weighted by atomic mass is 10.1. The maximum atomic E-state index is 12.2. The topological polar surface area (TPSA) is 52.1 Å². The van der Waals surface area contributed by atoms with Crippen LogP contribution in [0.2, 0.25) is 0 Å². The maximum absolute atomic E-state index is 12.2. The van der Waals surface area contributed by atoms with E-state index in [1.807, 2.05) is 6.92 Å². The summed E-state index contributed by atoms with van der Waals surface area (Å²) in [5.74, 6) is 0.199. The molecular formula is C13H12N2O2. The molecule has 2 heterocycles. The van der Waals surface area contributed by atoms with Gasteiger partial charge in [-0.15, -0.1) is 0 Å². The molecule has 2 rings (SSSR count). The molecule has 0 radical (unpaired) electrons. The van der Waals surface area contributed by atoms with Crippen LogP contribution in [0.3, 0.4) is 0 Å². The highest BCUT2D eigenvalue weighted by Gasteiger charge is 2.15. The summed E-state index contributed by atoms with van der Waals surface area (Å²) in [5.41, 5.74) is 1.93. The highest BCUT2D eigenvalue weighted by molar-refractivity contribution is 6.10. The van der Waals surface area contributed by atoms with Gasteiger partial charge in [0.05, 0.1) is 12.7 Å². The second-order valence-corrected chi connectivity index (χ2v) is 3.64. The van der Waals surface area contributed by atoms with Gasteiger partial charge in [-0.25, -0.2) is 4.98 Å². The molecule has 0 aliphatic rings. The summed E-state index contributed by atoms with van der Waals surface area (Å²) in [4.78, 5) is 20.2. The zero-order valence-electron chi connectivity index (χ0n) is 9.68. The summed E-state index contributed by atoms with van der Waals surface area (Å²) in [7, 11) is 1.49. The zero-order valence-corrected chi connectivity index (χ0v) is 9.68. The van der Waals surface area contributed by atoms with E-state index in [0.717, 1.165) is 5.56 Å². The lowest BCUT2D eigenvalue weighted by molar-refractivity contribution is 0.103. The van der Waals surface area contributed by atoms with Gasteiger partial charge in [-0.05, 0) is 30.7 Å². The number of methoxy groups -OCH3 is 1. The Bertz CT molecular complexity index is 553. The van der Waals surface area contributed by atoms with Gasteiger partial charge in [0.25, 0.3) is 0 Å². The molecule has 0 atom stereocenters. The van der Waals surface area contributed by atoms with E-state index in [2.05, 4.69) is 9.97 Å². The van der Waals surface area contributed by atoms with Crippen LogP contribution >= 0.6 is 0 Å². The number of rotatable bonds is 3. The normalized spacial score (nSPS) is 10.0. The molecule has 0 aromatic carbocycles. The highest BCUT2D eigenvalue weighted by atomic mass is 16.5. The monoisotopic (exact) mass is 228 g/mol. The van der Waals surface area contributed by atoms with Crippen molar-refractivity contribution in [1.29, 1.82) is 0 Å². The van der Waals surface area contributed by atoms with E-state index in [1.54, 1.807) is 36.8 Å². The molecule has 2 aromatic rings. The van der Waals surface area contributed by atoms with Crippen LogP contribution in [0.15, 0.2) is 36.8 Å². The molecule has 0 bridgehead atoms. The van der Waals surface area contributed by atoms with Crippen LogP contribution in [0.4, 0.5) is 0 Å². The molecule has 2 aromatic heterocycles. The van der Waals surface area contributed by atoms with Gasteiger partial charge < -0.3 is 4.74 Å². The number of nitrogens with zero attached hydrogens (tertiary/aromatic N) is 2. The number of aryl methyl sites for hydroxylation is 1. The number of aromatic nitrogens is 2. The fourth-order valence-corrected chi connectivity index (χ4v) is 1.56. The Morgan fingerprint density at radius 3 is 2.88 bits per heavy atom. The first-order valence-electron chi connectivity index (χ1n) is 5.17. The average molecular weight is 228 g/mol. The number of carbonyl (C=O) groups excluding carboxylic acids is 1. The van der Waals surface area contributed by atoms with Crippen molar-refractivity contribution < 1.29 is 9.53 Å². The summed E-state index contributed by atoms with van der Waals surface area (Å²) in [6, 6.07) is 5.19. The summed E-state index contributed by atoms with van der Waals surface area (Å²) in [6.45, 7) is 1.89. The SMILES string of the molecule is COc1ncccc1C(=O)c1cncc(C)c1. The smallest absolute Gasteiger partial charge is 0.224 e. The predicted molar refractivity (Wildman–Crippen MR) is 63.2 cm³/mol. The van der Waals surface area contributed by atoms with Crippen molar-refractivity contribution >= 4 is 5.78 Å². The Hall–Kier alpha value is -2.23. The first-order valence-corrected chi connectivity index (χ1v) is 5.17. The van der Waals surface area contributed by atoms with Crippen LogP contribution in [0.25, 0.3) is 0 Å². The van der Waals surface area contributed by atoms with Gasteiger partial charge in [0, 0.05) is 24.2 Å². The second kappa shape index (κ2) is 4.74. The van der Waals surface area contributed by atoms with Crippen molar-refractivity contribution in [2.45, 2.75) is 6.92 Å². The summed E-state index contributed by atoms with van der Waals surface area (Å²) < 4.78 is 5.07. The van der Waals surface area contributed by atoms with E-state index in [-0.39, 0.29) is 5.78 Å². The van der Waals surface area contributed by atoms with Crippen molar-refractivity contribution in [3.8, 4) is 5.88 Å². The third-order valence-corrected chi connectivity index (χ3v) is 2.35. The molecule has 0 fully saturated rings. The number of pyridine rings is 2. The summed E-state index contributed by atoms with van der Waals surface area (Å²) >= 11 is 0. The second-order valence-electron chi connectivity index (χ2n) is 3.64. The first kappa shape index (κ1) is 11.3. The molecule has 0 N–H and O–H groups in total. The Morgan fingerprint density at radius 1 is 1.35 bits per heavy atom. The van der Waals surface area contributed by atoms with Gasteiger partial charge in [-0.1, -0.05) is 0 Å². The van der Waals surface area contributed by atoms with Crippen molar-refractivity contribution in [3.05, 3.63) is 53.5 Å². The van der Waals surface area contributed by atoms with E-state index in [9.17, 15) is 4.79 Å². The number of carbonyl (C=O) groups is 1. The molecule has 0 amide bonds. The van der Waals surface area contributed by atoms with Gasteiger partial charge in [0.15, 0.2) is 5.78 Å². The quantitative estimate of drug-likeness (QED) is 0.754. The molecule has 4 heteroatoms. The van der Waals surface area contributed by atoms with Crippen molar-refractivity contribution in [2.75, 3.05) is 7.11 Å². The Kier molecular flexibility index (Phi) is 3.14. The van der Waals surface area contributed by atoms with Crippen molar-refractivity contribution in [3.63, 3.8) is 0 Å². The Morgan fingerprint density at radius 2 is 2.18 bits per heavy atom. The van der Waals surface area contributed by atoms with Crippen LogP contribution in [-0.4, -0.2) is 22.9 Å². The zero-order chi connectivity index (χ0) is 12.3. The standard InChI is InChI=1S/C13H12N2O2/c1-9-6-10(8-14-7-9)12(16)11-4-3-5-15-13(11)17-2/h3-8H,1-2H3. The number of ether oxygens (including phenoxy) is 1. The minimum Gasteiger partial charge on any atom is -0.480 e. The molecular weight excluding hydrogens is 216 g/mol. The van der Waals surface area contributed by atoms with Gasteiger partial charge in [-0.2, -0.15) is 0 Å². The van der Waals surface area contributed by atoms with Gasteiger partial charge >= 0.3 is 0 Å². The molecule has 0 spiro atoms. The van der Waals surface area contributed by atoms with Gasteiger partial charge in [0.1, 0.15) is 0 Å². The van der Waals surface area contributed by atoms with Crippen molar-refractivity contribution in [2.24, 2.45) is 0 Å². The third kappa shape index (κ3) is 2.30. The minimum atomic E-state index is -0.133. The van der Waals surface area contributed by atoms with Gasteiger partial charge in [0.2, 0.25) is 5.88 Å². The number of ketones is 1. The maximum Gasteiger partial charge on any atom is 0.224 e. The number of hydrogen-bond donors (Lipinski definition) is 0. The van der Waals surface area contributed by atoms with E-state index in [0.29, 0.717) is 17.0 Å². The third-order valence-electron chi connectivity index (χ3n) is 2.35. The molecule has 17 heavy (non-hydrogen) atoms. The van der Waals surface area contributed by atoms with E-state index >= 15 is 0 Å². The average Bonchev–Trinajstić information content (AvgIpc) is 2.38. The fraction of sp³-hybridized carbons (Fsp3) is 0.154. The van der Waals surface area contributed by atoms with Crippen LogP contribution in [0.1, 0.15) is 21.5 Å². The van der Waals surface area contributed by atoms with Crippen LogP contribution in [0.5, 0.6) is 5.88 Å². The lowest BCUT2D eigenvalue weighted by Crippen LogP contribution is -2.05. The molecule has 0 saturated heterocycles. The molecule has 0 saturated carbocycles. The Labute approximate surface area is 99.3 Å². The largest absolute Gasteiger partial charge is 0.480 e. The predicted octanol–water partition coefficient (Wildman–Crippen LogP) is 2.02. The molecule has 4 nitrogen and oxygen atoms in total. The number of hydrogen-bond acceptors (Lipinski definition) is 4. The van der Waals surface area contributed by atoms with Gasteiger partial charge in [-0.3, -0.25) is 9.78 Å². The molecule has 86 valence electrons. The highest BCUT2D eigenvalue weighted by Crippen LogP contribution is 2.18. The molecule has 0 unspecified atom stereocenters. The van der Waals surface area contributed by atoms with E-state index in [4.69, 9.17) is 4.74 Å². The van der Waals surface area contributed by atoms with E-state index in [1.165, 1.54) is 7.11 Å². The van der Waals surface area contributed by atoms with Crippen molar-refractivity contribution in [1.82, 2.24) is 9.97 Å². The van der Waals surface area contributed by atoms with E-state index < -0.39 is 0 Å². The molecule has 0 aliphatic heterocycles. The molecule has 0 aliphatic carbocycles. The minimum absolute atomic E-state index is 0.133. The summed E-state index contributed by atoms with van der Waals surface area (Å²) in [5, 5.41) is 0.